The highest BCUT2D eigenvalue weighted by Gasteiger charge is 2.29. The van der Waals surface area contributed by atoms with E-state index in [0.717, 1.165) is 49.6 Å². The molecule has 2 aliphatic rings. The molecule has 1 atom stereocenters. The monoisotopic (exact) mass is 299 g/mol. The average molecular weight is 299 g/mol. The lowest BCUT2D eigenvalue weighted by Gasteiger charge is -2.19. The van der Waals surface area contributed by atoms with Crippen molar-refractivity contribution in [3.05, 3.63) is 28.9 Å². The summed E-state index contributed by atoms with van der Waals surface area (Å²) < 4.78 is 5.57. The second-order valence-corrected chi connectivity index (χ2v) is 6.24. The maximum Gasteiger partial charge on any atom is 0.244 e. The van der Waals surface area contributed by atoms with Crippen molar-refractivity contribution < 1.29 is 4.52 Å². The van der Waals surface area contributed by atoms with Crippen molar-refractivity contribution in [1.29, 1.82) is 0 Å². The molecule has 0 spiro atoms. The van der Waals surface area contributed by atoms with Crippen molar-refractivity contribution in [2.45, 2.75) is 38.8 Å². The van der Waals surface area contributed by atoms with E-state index < -0.39 is 0 Å². The molecule has 4 rings (SSSR count). The molecule has 6 nitrogen and oxygen atoms in total. The van der Waals surface area contributed by atoms with Crippen molar-refractivity contribution in [3.63, 3.8) is 0 Å². The molecule has 1 fully saturated rings. The number of fused-ring (bicyclic) bond motifs is 1. The lowest BCUT2D eigenvalue weighted by Crippen LogP contribution is -2.25. The van der Waals surface area contributed by atoms with E-state index in [9.17, 15) is 0 Å². The minimum absolute atomic E-state index is 0.260. The smallest absolute Gasteiger partial charge is 0.244 e. The fraction of sp³-hybridized carbons (Fsp3) is 0.562. The van der Waals surface area contributed by atoms with Gasteiger partial charge in [-0.15, -0.1) is 0 Å². The Labute approximate surface area is 129 Å². The number of likely N-dealkylation sites (tertiary alicyclic amines) is 1. The molecule has 22 heavy (non-hydrogen) atoms. The average Bonchev–Trinajstić information content (AvgIpc) is 3.16. The van der Waals surface area contributed by atoms with Crippen molar-refractivity contribution in [1.82, 2.24) is 25.3 Å². The van der Waals surface area contributed by atoms with Gasteiger partial charge in [-0.1, -0.05) is 5.16 Å². The zero-order chi connectivity index (χ0) is 15.1. The van der Waals surface area contributed by atoms with Gasteiger partial charge in [0, 0.05) is 24.0 Å². The summed E-state index contributed by atoms with van der Waals surface area (Å²) in [6.45, 7) is 4.97. The maximum absolute atomic E-state index is 5.57. The first kappa shape index (κ1) is 13.8. The molecule has 116 valence electrons. The van der Waals surface area contributed by atoms with E-state index in [1.54, 1.807) is 0 Å². The zero-order valence-corrected chi connectivity index (χ0v) is 13.1. The van der Waals surface area contributed by atoms with Crippen molar-refractivity contribution in [2.24, 2.45) is 0 Å². The van der Waals surface area contributed by atoms with Gasteiger partial charge in [0.05, 0.1) is 6.04 Å². The molecule has 4 heterocycles. The molecular formula is C16H21N5O. The van der Waals surface area contributed by atoms with Crippen LogP contribution in [0.2, 0.25) is 0 Å². The molecule has 2 aromatic heterocycles. The third-order valence-corrected chi connectivity index (χ3v) is 4.80. The van der Waals surface area contributed by atoms with Crippen LogP contribution in [-0.2, 0) is 13.0 Å². The number of rotatable bonds is 2. The Kier molecular flexibility index (Phi) is 3.43. The molecule has 6 heteroatoms. The van der Waals surface area contributed by atoms with Gasteiger partial charge in [0.15, 0.2) is 0 Å². The topological polar surface area (TPSA) is 67.1 Å². The van der Waals surface area contributed by atoms with Crippen molar-refractivity contribution in [2.75, 3.05) is 20.1 Å². The van der Waals surface area contributed by atoms with Crippen LogP contribution in [0.15, 0.2) is 10.7 Å². The molecule has 0 bridgehead atoms. The summed E-state index contributed by atoms with van der Waals surface area (Å²) in [5, 5.41) is 7.65. The summed E-state index contributed by atoms with van der Waals surface area (Å²) in [5.74, 6) is 1.43. The predicted octanol–water partition coefficient (Wildman–Crippen LogP) is 1.85. The SMILES string of the molecule is Cc1ncc2c(c1-c1noc(C3CCCN3C)n1)CCNC2. The minimum atomic E-state index is 0.260. The van der Waals surface area contributed by atoms with Gasteiger partial charge in [-0.25, -0.2) is 0 Å². The van der Waals surface area contributed by atoms with E-state index in [2.05, 4.69) is 27.4 Å². The Morgan fingerprint density at radius 2 is 2.32 bits per heavy atom. The summed E-state index contributed by atoms with van der Waals surface area (Å²) in [6, 6.07) is 0.260. The highest BCUT2D eigenvalue weighted by Crippen LogP contribution is 2.33. The summed E-state index contributed by atoms with van der Waals surface area (Å²) in [4.78, 5) is 11.5. The van der Waals surface area contributed by atoms with E-state index in [4.69, 9.17) is 9.51 Å². The van der Waals surface area contributed by atoms with Crippen LogP contribution >= 0.6 is 0 Å². The van der Waals surface area contributed by atoms with Gasteiger partial charge in [0.2, 0.25) is 11.7 Å². The number of pyridine rings is 1. The quantitative estimate of drug-likeness (QED) is 0.913. The van der Waals surface area contributed by atoms with Gasteiger partial charge in [-0.05, 0) is 57.5 Å². The van der Waals surface area contributed by atoms with E-state index >= 15 is 0 Å². The molecular weight excluding hydrogens is 278 g/mol. The number of hydrogen-bond acceptors (Lipinski definition) is 6. The lowest BCUT2D eigenvalue weighted by atomic mass is 9.95. The molecule has 0 aromatic carbocycles. The number of aryl methyl sites for hydroxylation is 1. The van der Waals surface area contributed by atoms with Crippen molar-refractivity contribution in [3.8, 4) is 11.4 Å². The van der Waals surface area contributed by atoms with E-state index in [-0.39, 0.29) is 6.04 Å². The molecule has 0 aliphatic carbocycles. The van der Waals surface area contributed by atoms with Gasteiger partial charge < -0.3 is 9.84 Å². The number of nitrogens with one attached hydrogen (secondary N) is 1. The number of nitrogens with zero attached hydrogens (tertiary/aromatic N) is 4. The van der Waals surface area contributed by atoms with Crippen LogP contribution in [0.4, 0.5) is 0 Å². The second-order valence-electron chi connectivity index (χ2n) is 6.24. The fourth-order valence-corrected chi connectivity index (χ4v) is 3.56. The first-order chi connectivity index (χ1) is 10.7. The van der Waals surface area contributed by atoms with Crippen LogP contribution in [-0.4, -0.2) is 40.2 Å². The molecule has 0 radical (unpaired) electrons. The highest BCUT2D eigenvalue weighted by atomic mass is 16.5. The van der Waals surface area contributed by atoms with Gasteiger partial charge in [-0.2, -0.15) is 4.98 Å². The summed E-state index contributed by atoms with van der Waals surface area (Å²) in [5.41, 5.74) is 4.61. The zero-order valence-electron chi connectivity index (χ0n) is 13.1. The molecule has 1 saturated heterocycles. The van der Waals surface area contributed by atoms with Gasteiger partial charge in [0.25, 0.3) is 0 Å². The standard InChI is InChI=1S/C16H21N5O/c1-10-14(12-5-6-17-8-11(12)9-18-10)15-19-16(22-20-15)13-4-3-7-21(13)2/h9,13,17H,3-8H2,1-2H3. The number of aromatic nitrogens is 3. The number of hydrogen-bond donors (Lipinski definition) is 1. The van der Waals surface area contributed by atoms with E-state index in [1.807, 2.05) is 13.1 Å². The summed E-state index contributed by atoms with van der Waals surface area (Å²) >= 11 is 0. The van der Waals surface area contributed by atoms with Crippen LogP contribution < -0.4 is 5.32 Å². The van der Waals surface area contributed by atoms with E-state index in [1.165, 1.54) is 17.5 Å². The Morgan fingerprint density at radius 3 is 3.14 bits per heavy atom. The summed E-state index contributed by atoms with van der Waals surface area (Å²) in [7, 11) is 2.12. The largest absolute Gasteiger partial charge is 0.337 e. The molecule has 1 unspecified atom stereocenters. The van der Waals surface area contributed by atoms with Crippen LogP contribution in [0.25, 0.3) is 11.4 Å². The molecule has 0 amide bonds. The van der Waals surface area contributed by atoms with Crippen LogP contribution in [0, 0.1) is 6.92 Å². The highest BCUT2D eigenvalue weighted by molar-refractivity contribution is 5.64. The molecule has 1 N–H and O–H groups in total. The second kappa shape index (κ2) is 5.44. The van der Waals surface area contributed by atoms with Crippen LogP contribution in [0.5, 0.6) is 0 Å². The third kappa shape index (κ3) is 2.23. The Bertz CT molecular complexity index is 696. The van der Waals surface area contributed by atoms with E-state index in [0.29, 0.717) is 5.82 Å². The van der Waals surface area contributed by atoms with Gasteiger partial charge in [0.1, 0.15) is 0 Å². The van der Waals surface area contributed by atoms with Gasteiger partial charge >= 0.3 is 0 Å². The molecule has 0 saturated carbocycles. The molecule has 2 aliphatic heterocycles. The Balaban J connectivity index is 1.75. The van der Waals surface area contributed by atoms with Crippen LogP contribution in [0.3, 0.4) is 0 Å². The third-order valence-electron chi connectivity index (χ3n) is 4.80. The lowest BCUT2D eigenvalue weighted by molar-refractivity contribution is 0.245. The fourth-order valence-electron chi connectivity index (χ4n) is 3.56. The minimum Gasteiger partial charge on any atom is -0.337 e. The Morgan fingerprint density at radius 1 is 1.41 bits per heavy atom. The summed E-state index contributed by atoms with van der Waals surface area (Å²) in [6.07, 6.45) is 5.23. The van der Waals surface area contributed by atoms with Crippen molar-refractivity contribution >= 4 is 0 Å². The Hall–Kier alpha value is -1.79. The normalized spacial score (nSPS) is 22.0. The van der Waals surface area contributed by atoms with Gasteiger partial charge in [-0.3, -0.25) is 9.88 Å². The predicted molar refractivity (Wildman–Crippen MR) is 82.3 cm³/mol. The van der Waals surface area contributed by atoms with Crippen LogP contribution in [0.1, 0.15) is 41.6 Å². The maximum atomic E-state index is 5.57. The molecule has 2 aromatic rings. The first-order valence-corrected chi connectivity index (χ1v) is 7.96. The first-order valence-electron chi connectivity index (χ1n) is 7.96.